The molecule has 0 bridgehead atoms. The van der Waals surface area contributed by atoms with E-state index in [9.17, 15) is 0 Å². The molecule has 86 valence electrons. The van der Waals surface area contributed by atoms with Crippen molar-refractivity contribution in [2.45, 2.75) is 46.0 Å². The molecule has 0 aliphatic rings. The minimum atomic E-state index is 0.353. The van der Waals surface area contributed by atoms with Gasteiger partial charge in [0.15, 0.2) is 11.5 Å². The number of hydrogen-bond acceptors (Lipinski definition) is 2. The Morgan fingerprint density at radius 1 is 1.31 bits per heavy atom. The van der Waals surface area contributed by atoms with Crippen LogP contribution in [-0.4, -0.2) is 4.98 Å². The Labute approximate surface area is 96.7 Å². The summed E-state index contributed by atoms with van der Waals surface area (Å²) in [6, 6.07) is 6.34. The third-order valence-corrected chi connectivity index (χ3v) is 2.78. The molecule has 0 fully saturated rings. The number of oxazole rings is 1. The summed E-state index contributed by atoms with van der Waals surface area (Å²) in [6.45, 7) is 6.41. The van der Waals surface area contributed by atoms with Gasteiger partial charge >= 0.3 is 0 Å². The highest BCUT2D eigenvalue weighted by molar-refractivity contribution is 5.73. The Kier molecular flexibility index (Phi) is 3.28. The number of fused-ring (bicyclic) bond motifs is 1. The van der Waals surface area contributed by atoms with Gasteiger partial charge in [-0.3, -0.25) is 0 Å². The van der Waals surface area contributed by atoms with E-state index in [-0.39, 0.29) is 0 Å². The molecule has 0 N–H and O–H groups in total. The summed E-state index contributed by atoms with van der Waals surface area (Å²) >= 11 is 0. The van der Waals surface area contributed by atoms with Crippen LogP contribution in [0.25, 0.3) is 11.1 Å². The topological polar surface area (TPSA) is 26.0 Å². The van der Waals surface area contributed by atoms with Crippen molar-refractivity contribution in [3.63, 3.8) is 0 Å². The van der Waals surface area contributed by atoms with Crippen LogP contribution in [0.4, 0.5) is 0 Å². The van der Waals surface area contributed by atoms with Gasteiger partial charge in [-0.25, -0.2) is 4.98 Å². The van der Waals surface area contributed by atoms with Crippen molar-refractivity contribution in [2.24, 2.45) is 0 Å². The molecule has 2 rings (SSSR count). The standard InChI is InChI=1S/C14H19NO/c1-4-5-6-11-7-8-13-12(9-11)15-14(16-13)10(2)3/h7-10H,4-6H2,1-3H3. The van der Waals surface area contributed by atoms with E-state index in [2.05, 4.69) is 37.9 Å². The van der Waals surface area contributed by atoms with E-state index < -0.39 is 0 Å². The minimum absolute atomic E-state index is 0.353. The van der Waals surface area contributed by atoms with Crippen LogP contribution < -0.4 is 0 Å². The maximum atomic E-state index is 5.68. The maximum Gasteiger partial charge on any atom is 0.198 e. The fourth-order valence-electron chi connectivity index (χ4n) is 1.77. The van der Waals surface area contributed by atoms with E-state index in [1.807, 2.05) is 6.07 Å². The molecule has 2 aromatic rings. The molecule has 0 unspecified atom stereocenters. The van der Waals surface area contributed by atoms with E-state index in [0.29, 0.717) is 5.92 Å². The molecule has 0 spiro atoms. The summed E-state index contributed by atoms with van der Waals surface area (Å²) in [4.78, 5) is 4.51. The van der Waals surface area contributed by atoms with Crippen LogP contribution in [0.3, 0.4) is 0 Å². The fraction of sp³-hybridized carbons (Fsp3) is 0.500. The van der Waals surface area contributed by atoms with Gasteiger partial charge in [-0.2, -0.15) is 0 Å². The molecule has 0 aliphatic heterocycles. The maximum absolute atomic E-state index is 5.68. The third-order valence-electron chi connectivity index (χ3n) is 2.78. The Bertz CT molecular complexity index is 471. The third kappa shape index (κ3) is 2.26. The number of benzene rings is 1. The van der Waals surface area contributed by atoms with Gasteiger partial charge in [-0.1, -0.05) is 33.3 Å². The van der Waals surface area contributed by atoms with Gasteiger partial charge in [0.05, 0.1) is 0 Å². The zero-order valence-corrected chi connectivity index (χ0v) is 10.3. The molecular weight excluding hydrogens is 198 g/mol. The number of rotatable bonds is 4. The number of aryl methyl sites for hydroxylation is 1. The highest BCUT2D eigenvalue weighted by Gasteiger charge is 2.09. The van der Waals surface area contributed by atoms with E-state index >= 15 is 0 Å². The van der Waals surface area contributed by atoms with Crippen molar-refractivity contribution in [2.75, 3.05) is 0 Å². The number of hydrogen-bond donors (Lipinski definition) is 0. The van der Waals surface area contributed by atoms with Crippen molar-refractivity contribution in [3.8, 4) is 0 Å². The van der Waals surface area contributed by atoms with Gasteiger partial charge in [-0.05, 0) is 30.5 Å². The Morgan fingerprint density at radius 3 is 2.81 bits per heavy atom. The lowest BCUT2D eigenvalue weighted by Crippen LogP contribution is -1.85. The van der Waals surface area contributed by atoms with Gasteiger partial charge in [0, 0.05) is 5.92 Å². The molecule has 0 atom stereocenters. The fourth-order valence-corrected chi connectivity index (χ4v) is 1.77. The van der Waals surface area contributed by atoms with E-state index in [1.165, 1.54) is 18.4 Å². The van der Waals surface area contributed by atoms with E-state index in [4.69, 9.17) is 4.42 Å². The molecule has 2 heteroatoms. The molecule has 0 saturated carbocycles. The van der Waals surface area contributed by atoms with E-state index in [1.54, 1.807) is 0 Å². The average Bonchev–Trinajstić information content (AvgIpc) is 2.69. The molecule has 0 radical (unpaired) electrons. The van der Waals surface area contributed by atoms with Crippen molar-refractivity contribution >= 4 is 11.1 Å². The molecule has 2 nitrogen and oxygen atoms in total. The minimum Gasteiger partial charge on any atom is -0.440 e. The lowest BCUT2D eigenvalue weighted by molar-refractivity contribution is 0.501. The van der Waals surface area contributed by atoms with Crippen molar-refractivity contribution in [3.05, 3.63) is 29.7 Å². The quantitative estimate of drug-likeness (QED) is 0.763. The molecule has 1 aromatic heterocycles. The Hall–Kier alpha value is -1.31. The van der Waals surface area contributed by atoms with Crippen LogP contribution in [0.15, 0.2) is 22.6 Å². The summed E-state index contributed by atoms with van der Waals surface area (Å²) in [5.74, 6) is 1.19. The molecular formula is C14H19NO. The SMILES string of the molecule is CCCCc1ccc2oc(C(C)C)nc2c1. The molecule has 16 heavy (non-hydrogen) atoms. The molecule has 1 aromatic carbocycles. The Balaban J connectivity index is 2.30. The number of nitrogens with zero attached hydrogens (tertiary/aromatic N) is 1. The largest absolute Gasteiger partial charge is 0.440 e. The lowest BCUT2D eigenvalue weighted by atomic mass is 10.1. The van der Waals surface area contributed by atoms with Crippen LogP contribution in [0.2, 0.25) is 0 Å². The van der Waals surface area contributed by atoms with Crippen molar-refractivity contribution < 1.29 is 4.42 Å². The average molecular weight is 217 g/mol. The van der Waals surface area contributed by atoms with Gasteiger partial charge < -0.3 is 4.42 Å². The lowest BCUT2D eigenvalue weighted by Gasteiger charge is -1.97. The summed E-state index contributed by atoms with van der Waals surface area (Å²) < 4.78 is 5.68. The van der Waals surface area contributed by atoms with E-state index in [0.717, 1.165) is 23.4 Å². The summed E-state index contributed by atoms with van der Waals surface area (Å²) in [5, 5.41) is 0. The molecule has 1 heterocycles. The zero-order chi connectivity index (χ0) is 11.5. The summed E-state index contributed by atoms with van der Waals surface area (Å²) in [6.07, 6.45) is 3.60. The van der Waals surface area contributed by atoms with Gasteiger partial charge in [0.25, 0.3) is 0 Å². The first kappa shape index (κ1) is 11.2. The Morgan fingerprint density at radius 2 is 2.12 bits per heavy atom. The second kappa shape index (κ2) is 4.69. The monoisotopic (exact) mass is 217 g/mol. The van der Waals surface area contributed by atoms with Gasteiger partial charge in [0.2, 0.25) is 0 Å². The first-order chi connectivity index (χ1) is 7.70. The van der Waals surface area contributed by atoms with Gasteiger partial charge in [-0.15, -0.1) is 0 Å². The number of unbranched alkanes of at least 4 members (excludes halogenated alkanes) is 1. The second-order valence-electron chi connectivity index (χ2n) is 4.61. The van der Waals surface area contributed by atoms with Crippen molar-refractivity contribution in [1.29, 1.82) is 0 Å². The van der Waals surface area contributed by atoms with Crippen LogP contribution >= 0.6 is 0 Å². The smallest absolute Gasteiger partial charge is 0.198 e. The van der Waals surface area contributed by atoms with Crippen LogP contribution in [0.1, 0.15) is 51.0 Å². The highest BCUT2D eigenvalue weighted by Crippen LogP contribution is 2.22. The predicted octanol–water partition coefficient (Wildman–Crippen LogP) is 4.29. The van der Waals surface area contributed by atoms with Gasteiger partial charge in [0.1, 0.15) is 5.52 Å². The molecule has 0 aliphatic carbocycles. The first-order valence-corrected chi connectivity index (χ1v) is 6.10. The van der Waals surface area contributed by atoms with Crippen molar-refractivity contribution in [1.82, 2.24) is 4.98 Å². The highest BCUT2D eigenvalue weighted by atomic mass is 16.3. The number of aromatic nitrogens is 1. The predicted molar refractivity (Wildman–Crippen MR) is 66.7 cm³/mol. The normalized spacial score (nSPS) is 11.5. The first-order valence-electron chi connectivity index (χ1n) is 6.10. The summed E-state index contributed by atoms with van der Waals surface area (Å²) in [7, 11) is 0. The van der Waals surface area contributed by atoms with Crippen LogP contribution in [-0.2, 0) is 6.42 Å². The molecule has 0 amide bonds. The second-order valence-corrected chi connectivity index (χ2v) is 4.61. The zero-order valence-electron chi connectivity index (χ0n) is 10.3. The molecule has 0 saturated heterocycles. The summed E-state index contributed by atoms with van der Waals surface area (Å²) in [5.41, 5.74) is 3.26. The van der Waals surface area contributed by atoms with Crippen LogP contribution in [0, 0.1) is 0 Å². The van der Waals surface area contributed by atoms with Crippen LogP contribution in [0.5, 0.6) is 0 Å².